The van der Waals surface area contributed by atoms with Crippen molar-refractivity contribution in [2.24, 2.45) is 5.92 Å². The molecule has 1 aliphatic rings. The van der Waals surface area contributed by atoms with Gasteiger partial charge in [-0.3, -0.25) is 4.79 Å². The molecule has 1 aromatic carbocycles. The molecule has 0 atom stereocenters. The third kappa shape index (κ3) is 6.33. The Morgan fingerprint density at radius 2 is 1.79 bits per heavy atom. The molecule has 2 N–H and O–H groups in total. The Morgan fingerprint density at radius 1 is 1.18 bits per heavy atom. The smallest absolute Gasteiger partial charge is 0.403 e. The van der Waals surface area contributed by atoms with E-state index in [4.69, 9.17) is 0 Å². The lowest BCUT2D eigenvalue weighted by Gasteiger charge is -2.28. The van der Waals surface area contributed by atoms with Crippen molar-refractivity contribution >= 4 is 21.6 Å². The van der Waals surface area contributed by atoms with Crippen LogP contribution in [0.3, 0.4) is 0 Å². The molecule has 6 nitrogen and oxygen atoms in total. The predicted octanol–water partition coefficient (Wildman–Crippen LogP) is 3.55. The van der Waals surface area contributed by atoms with Crippen LogP contribution in [0, 0.1) is 11.7 Å². The van der Waals surface area contributed by atoms with Crippen molar-refractivity contribution in [2.75, 3.05) is 5.32 Å². The van der Waals surface area contributed by atoms with Gasteiger partial charge in [-0.2, -0.15) is 0 Å². The average molecular weight is 426 g/mol. The molecule has 1 saturated carbocycles. The van der Waals surface area contributed by atoms with Gasteiger partial charge in [0.15, 0.2) is 11.6 Å². The van der Waals surface area contributed by atoms with Crippen molar-refractivity contribution in [2.45, 2.75) is 57.2 Å². The van der Waals surface area contributed by atoms with E-state index in [1.165, 1.54) is 0 Å². The lowest BCUT2D eigenvalue weighted by molar-refractivity contribution is -0.275. The van der Waals surface area contributed by atoms with E-state index in [0.29, 0.717) is 25.7 Å². The van der Waals surface area contributed by atoms with Gasteiger partial charge in [-0.1, -0.05) is 0 Å². The Labute approximate surface area is 160 Å². The third-order valence-corrected chi connectivity index (χ3v) is 6.38. The summed E-state index contributed by atoms with van der Waals surface area (Å²) in [6.07, 6.45) is -3.27. The number of carbonyl (C=O) groups is 1. The maximum atomic E-state index is 13.4. The summed E-state index contributed by atoms with van der Waals surface area (Å²) in [4.78, 5) is 12.3. The maximum Gasteiger partial charge on any atom is 0.573 e. The van der Waals surface area contributed by atoms with Gasteiger partial charge in [-0.15, -0.1) is 13.2 Å². The highest BCUT2D eigenvalue weighted by Gasteiger charge is 2.33. The Balaban J connectivity index is 1.94. The van der Waals surface area contributed by atoms with Gasteiger partial charge in [0.1, 0.15) is 0 Å². The number of rotatable bonds is 6. The summed E-state index contributed by atoms with van der Waals surface area (Å²) in [7, 11) is -3.40. The van der Waals surface area contributed by atoms with Gasteiger partial charge < -0.3 is 10.1 Å². The number of amides is 1. The standard InChI is InChI=1S/C17H22F4N2O4S/c1-10(2)28(25,26)23-12-5-3-11(4-6-12)16(24)22-13-7-8-14(18)15(9-13)27-17(19,20)21/h7-12,23H,3-6H2,1-2H3,(H,22,24)/t11-,12-. The van der Waals surface area contributed by atoms with E-state index < -0.39 is 45.0 Å². The van der Waals surface area contributed by atoms with Crippen molar-refractivity contribution in [3.63, 3.8) is 0 Å². The molecular formula is C17H22F4N2O4S. The zero-order chi connectivity index (χ0) is 21.1. The van der Waals surface area contributed by atoms with Crippen molar-refractivity contribution in [1.82, 2.24) is 4.72 Å². The van der Waals surface area contributed by atoms with Crippen molar-refractivity contribution in [3.8, 4) is 5.75 Å². The molecule has 0 heterocycles. The van der Waals surface area contributed by atoms with Crippen LogP contribution in [0.4, 0.5) is 23.2 Å². The summed E-state index contributed by atoms with van der Waals surface area (Å²) in [5, 5.41) is 1.90. The largest absolute Gasteiger partial charge is 0.573 e. The van der Waals surface area contributed by atoms with Gasteiger partial charge in [0.25, 0.3) is 0 Å². The molecular weight excluding hydrogens is 404 g/mol. The highest BCUT2D eigenvalue weighted by atomic mass is 32.2. The van der Waals surface area contributed by atoms with Crippen LogP contribution in [0.25, 0.3) is 0 Å². The van der Waals surface area contributed by atoms with Gasteiger partial charge in [-0.05, 0) is 51.7 Å². The van der Waals surface area contributed by atoms with Gasteiger partial charge in [-0.25, -0.2) is 17.5 Å². The van der Waals surface area contributed by atoms with Crippen LogP contribution in [0.5, 0.6) is 5.75 Å². The zero-order valence-electron chi connectivity index (χ0n) is 15.3. The number of sulfonamides is 1. The van der Waals surface area contributed by atoms with Crippen LogP contribution in [0.1, 0.15) is 39.5 Å². The summed E-state index contributed by atoms with van der Waals surface area (Å²) in [6, 6.07) is 2.42. The fourth-order valence-corrected chi connectivity index (χ4v) is 3.84. The highest BCUT2D eigenvalue weighted by Crippen LogP contribution is 2.30. The van der Waals surface area contributed by atoms with E-state index in [9.17, 15) is 30.8 Å². The second-order valence-electron chi connectivity index (χ2n) is 6.94. The second-order valence-corrected chi connectivity index (χ2v) is 9.21. The Morgan fingerprint density at radius 3 is 2.32 bits per heavy atom. The van der Waals surface area contributed by atoms with E-state index in [1.807, 2.05) is 0 Å². The molecule has 2 rings (SSSR count). The Bertz CT molecular complexity index is 804. The number of benzene rings is 1. The van der Waals surface area contributed by atoms with Crippen molar-refractivity contribution in [3.05, 3.63) is 24.0 Å². The molecule has 28 heavy (non-hydrogen) atoms. The van der Waals surface area contributed by atoms with Crippen LogP contribution in [-0.2, 0) is 14.8 Å². The topological polar surface area (TPSA) is 84.5 Å². The number of nitrogens with one attached hydrogen (secondary N) is 2. The predicted molar refractivity (Wildman–Crippen MR) is 94.7 cm³/mol. The SMILES string of the molecule is CC(C)S(=O)(=O)N[C@H]1CC[C@H](C(=O)Nc2ccc(F)c(OC(F)(F)F)c2)CC1. The first-order chi connectivity index (χ1) is 12.9. The Hall–Kier alpha value is -1.88. The minimum Gasteiger partial charge on any atom is -0.403 e. The van der Waals surface area contributed by atoms with E-state index in [-0.39, 0.29) is 11.7 Å². The zero-order valence-corrected chi connectivity index (χ0v) is 16.2. The first kappa shape index (κ1) is 22.4. The van der Waals surface area contributed by atoms with E-state index >= 15 is 0 Å². The van der Waals surface area contributed by atoms with Crippen molar-refractivity contribution in [1.29, 1.82) is 0 Å². The number of hydrogen-bond acceptors (Lipinski definition) is 4. The van der Waals surface area contributed by atoms with Crippen LogP contribution in [0.2, 0.25) is 0 Å². The summed E-state index contributed by atoms with van der Waals surface area (Å²) in [6.45, 7) is 3.14. The average Bonchev–Trinajstić information content (AvgIpc) is 2.56. The number of hydrogen-bond donors (Lipinski definition) is 2. The lowest BCUT2D eigenvalue weighted by atomic mass is 9.86. The summed E-state index contributed by atoms with van der Waals surface area (Å²) in [5.41, 5.74) is -0.0201. The van der Waals surface area contributed by atoms with Gasteiger partial charge in [0, 0.05) is 23.7 Å². The summed E-state index contributed by atoms with van der Waals surface area (Å²) in [5.74, 6) is -3.07. The van der Waals surface area contributed by atoms with Crippen molar-refractivity contribution < 1.29 is 35.5 Å². The quantitative estimate of drug-likeness (QED) is 0.682. The second kappa shape index (κ2) is 8.64. The number of ether oxygens (including phenoxy) is 1. The fourth-order valence-electron chi connectivity index (χ4n) is 2.87. The monoisotopic (exact) mass is 426 g/mol. The molecule has 0 radical (unpaired) electrons. The molecule has 158 valence electrons. The molecule has 1 aliphatic carbocycles. The molecule has 1 aromatic rings. The molecule has 0 saturated heterocycles. The van der Waals surface area contributed by atoms with Crippen LogP contribution < -0.4 is 14.8 Å². The van der Waals surface area contributed by atoms with E-state index in [1.54, 1.807) is 13.8 Å². The lowest BCUT2D eigenvalue weighted by Crippen LogP contribution is -2.42. The van der Waals surface area contributed by atoms with E-state index in [0.717, 1.165) is 18.2 Å². The Kier molecular flexibility index (Phi) is 6.92. The fraction of sp³-hybridized carbons (Fsp3) is 0.588. The molecule has 0 aliphatic heterocycles. The van der Waals surface area contributed by atoms with Crippen LogP contribution in [0.15, 0.2) is 18.2 Å². The summed E-state index contributed by atoms with van der Waals surface area (Å²) >= 11 is 0. The molecule has 0 spiro atoms. The number of carbonyl (C=O) groups excluding carboxylic acids is 1. The van der Waals surface area contributed by atoms with Gasteiger partial charge in [0.05, 0.1) is 5.25 Å². The van der Waals surface area contributed by atoms with Crippen LogP contribution in [-0.4, -0.2) is 32.0 Å². The van der Waals surface area contributed by atoms with Crippen LogP contribution >= 0.6 is 0 Å². The maximum absolute atomic E-state index is 13.4. The third-order valence-electron chi connectivity index (χ3n) is 4.47. The first-order valence-electron chi connectivity index (χ1n) is 8.74. The number of alkyl halides is 3. The van der Waals surface area contributed by atoms with Gasteiger partial charge >= 0.3 is 6.36 Å². The van der Waals surface area contributed by atoms with E-state index in [2.05, 4.69) is 14.8 Å². The molecule has 0 aromatic heterocycles. The number of anilines is 1. The molecule has 1 amide bonds. The normalized spacial score (nSPS) is 20.8. The minimum absolute atomic E-state index is 0.0201. The highest BCUT2D eigenvalue weighted by molar-refractivity contribution is 7.90. The molecule has 0 bridgehead atoms. The first-order valence-corrected chi connectivity index (χ1v) is 10.3. The molecule has 1 fully saturated rings. The molecule has 0 unspecified atom stereocenters. The van der Waals surface area contributed by atoms with Gasteiger partial charge in [0.2, 0.25) is 15.9 Å². The number of halogens is 4. The summed E-state index contributed by atoms with van der Waals surface area (Å²) < 4.78 is 80.3. The minimum atomic E-state index is -5.05. The molecule has 11 heteroatoms.